The van der Waals surface area contributed by atoms with Crippen LogP contribution in [0.3, 0.4) is 0 Å². The third-order valence-corrected chi connectivity index (χ3v) is 5.06. The summed E-state index contributed by atoms with van der Waals surface area (Å²) in [6.07, 6.45) is 1.66. The van der Waals surface area contributed by atoms with Gasteiger partial charge >= 0.3 is 11.9 Å². The van der Waals surface area contributed by atoms with Crippen molar-refractivity contribution in [1.82, 2.24) is 0 Å². The molecule has 0 radical (unpaired) electrons. The molecule has 2 aromatic carbocycles. The Labute approximate surface area is 177 Å². The average Bonchev–Trinajstić information content (AvgIpc) is 2.92. The number of hydrogen-bond donors (Lipinski definition) is 0. The number of esters is 2. The summed E-state index contributed by atoms with van der Waals surface area (Å²) >= 11 is 4.18. The normalized spacial score (nSPS) is 15.0. The fraction of sp³-hybridized carbons (Fsp3) is 0.105. The highest BCUT2D eigenvalue weighted by atomic mass is 127. The Hall–Kier alpha value is -1.75. The first-order chi connectivity index (χ1) is 12.3. The van der Waals surface area contributed by atoms with Gasteiger partial charge in [0.05, 0.1) is 7.14 Å². The van der Waals surface area contributed by atoms with Crippen molar-refractivity contribution in [3.8, 4) is 5.75 Å². The molecule has 1 heterocycles. The van der Waals surface area contributed by atoms with E-state index in [1.54, 1.807) is 6.08 Å². The summed E-state index contributed by atoms with van der Waals surface area (Å²) in [5.74, 6) is -0.0565. The Morgan fingerprint density at radius 2 is 1.88 bits per heavy atom. The molecule has 0 saturated heterocycles. The number of carbonyl (C=O) groups excluding carboxylic acids is 2. The van der Waals surface area contributed by atoms with Crippen LogP contribution in [0, 0.1) is 14.1 Å². The van der Waals surface area contributed by atoms with Gasteiger partial charge in [-0.05, 0) is 88.0 Å². The lowest BCUT2D eigenvalue weighted by Crippen LogP contribution is -2.05. The fourth-order valence-electron chi connectivity index (χ4n) is 2.37. The molecule has 0 spiro atoms. The standard InChI is InChI=1S/C19H13I2NO4/c1-10-4-3-5-13(6-10)18-22-16(19(24)26-18)9-12-7-14(20)17(15(21)8-12)25-11(2)23/h3-9H,1-2H3/b16-9-. The summed E-state index contributed by atoms with van der Waals surface area (Å²) in [6.45, 7) is 3.32. The van der Waals surface area contributed by atoms with Crippen LogP contribution in [0.15, 0.2) is 47.1 Å². The van der Waals surface area contributed by atoms with Crippen LogP contribution in [-0.4, -0.2) is 17.8 Å². The van der Waals surface area contributed by atoms with Gasteiger partial charge in [0.15, 0.2) is 11.4 Å². The number of nitrogens with zero attached hydrogens (tertiary/aromatic N) is 1. The van der Waals surface area contributed by atoms with Gasteiger partial charge in [-0.15, -0.1) is 0 Å². The number of aliphatic imine (C=N–C) groups is 1. The topological polar surface area (TPSA) is 65.0 Å². The zero-order chi connectivity index (χ0) is 18.8. The quantitative estimate of drug-likeness (QED) is 0.236. The SMILES string of the molecule is CC(=O)Oc1c(I)cc(/C=C2\N=C(c3cccc(C)c3)OC2=O)cc1I. The highest BCUT2D eigenvalue weighted by Crippen LogP contribution is 2.30. The molecule has 1 aliphatic rings. The molecule has 0 fully saturated rings. The van der Waals surface area contributed by atoms with Crippen molar-refractivity contribution in [2.24, 2.45) is 4.99 Å². The smallest absolute Gasteiger partial charge is 0.363 e. The molecule has 0 amide bonds. The number of rotatable bonds is 3. The van der Waals surface area contributed by atoms with Crippen LogP contribution in [0.5, 0.6) is 5.75 Å². The van der Waals surface area contributed by atoms with Crippen molar-refractivity contribution in [3.05, 3.63) is 65.9 Å². The van der Waals surface area contributed by atoms with E-state index in [0.29, 0.717) is 11.6 Å². The molecule has 2 aromatic rings. The van der Waals surface area contributed by atoms with Gasteiger partial charge in [-0.3, -0.25) is 4.79 Å². The zero-order valence-corrected chi connectivity index (χ0v) is 18.2. The Morgan fingerprint density at radius 3 is 2.50 bits per heavy atom. The summed E-state index contributed by atoms with van der Waals surface area (Å²) < 4.78 is 12.0. The third kappa shape index (κ3) is 4.32. The number of aryl methyl sites for hydroxylation is 1. The molecule has 0 N–H and O–H groups in total. The Balaban J connectivity index is 1.94. The van der Waals surface area contributed by atoms with E-state index in [2.05, 4.69) is 50.2 Å². The summed E-state index contributed by atoms with van der Waals surface area (Å²) in [6, 6.07) is 11.3. The molecule has 0 aromatic heterocycles. The minimum absolute atomic E-state index is 0.230. The fourth-order valence-corrected chi connectivity index (χ4v) is 4.41. The Kier molecular flexibility index (Phi) is 5.76. The van der Waals surface area contributed by atoms with Gasteiger partial charge in [0.25, 0.3) is 0 Å². The highest BCUT2D eigenvalue weighted by Gasteiger charge is 2.24. The van der Waals surface area contributed by atoms with Crippen LogP contribution < -0.4 is 4.74 Å². The number of ether oxygens (including phenoxy) is 2. The van der Waals surface area contributed by atoms with Gasteiger partial charge in [-0.25, -0.2) is 9.79 Å². The maximum atomic E-state index is 12.2. The molecule has 0 aliphatic carbocycles. The lowest BCUT2D eigenvalue weighted by atomic mass is 10.1. The number of cyclic esters (lactones) is 1. The van der Waals surface area contributed by atoms with Crippen LogP contribution in [0.1, 0.15) is 23.6 Å². The molecule has 0 atom stereocenters. The van der Waals surface area contributed by atoms with Crippen molar-refractivity contribution in [3.63, 3.8) is 0 Å². The van der Waals surface area contributed by atoms with Crippen molar-refractivity contribution in [1.29, 1.82) is 0 Å². The van der Waals surface area contributed by atoms with Crippen molar-refractivity contribution in [2.75, 3.05) is 0 Å². The third-order valence-electron chi connectivity index (χ3n) is 3.46. The number of benzene rings is 2. The molecule has 0 unspecified atom stereocenters. The first kappa shape index (κ1) is 19.0. The number of halogens is 2. The van der Waals surface area contributed by atoms with Crippen LogP contribution in [0.25, 0.3) is 6.08 Å². The summed E-state index contributed by atoms with van der Waals surface area (Å²) in [7, 11) is 0. The lowest BCUT2D eigenvalue weighted by Gasteiger charge is -2.08. The van der Waals surface area contributed by atoms with E-state index in [0.717, 1.165) is 23.8 Å². The predicted octanol–water partition coefficient (Wildman–Crippen LogP) is 4.47. The summed E-state index contributed by atoms with van der Waals surface area (Å²) in [4.78, 5) is 27.7. The average molecular weight is 573 g/mol. The largest absolute Gasteiger partial charge is 0.424 e. The molecule has 0 saturated carbocycles. The minimum Gasteiger partial charge on any atom is -0.424 e. The van der Waals surface area contributed by atoms with Crippen molar-refractivity contribution < 1.29 is 19.1 Å². The minimum atomic E-state index is -0.490. The molecule has 1 aliphatic heterocycles. The number of hydrogen-bond acceptors (Lipinski definition) is 5. The van der Waals surface area contributed by atoms with Crippen LogP contribution in [0.4, 0.5) is 0 Å². The Morgan fingerprint density at radius 1 is 1.19 bits per heavy atom. The van der Waals surface area contributed by atoms with Crippen LogP contribution in [0.2, 0.25) is 0 Å². The second-order valence-corrected chi connectivity index (χ2v) is 7.94. The van der Waals surface area contributed by atoms with Crippen LogP contribution >= 0.6 is 45.2 Å². The van der Waals surface area contributed by atoms with Gasteiger partial charge in [-0.2, -0.15) is 0 Å². The molecule has 5 nitrogen and oxygen atoms in total. The maximum absolute atomic E-state index is 12.2. The van der Waals surface area contributed by atoms with Crippen molar-refractivity contribution >= 4 is 69.1 Å². The van der Waals surface area contributed by atoms with Gasteiger partial charge < -0.3 is 9.47 Å². The van der Waals surface area contributed by atoms with Crippen LogP contribution in [-0.2, 0) is 14.3 Å². The lowest BCUT2D eigenvalue weighted by molar-refractivity contribution is -0.132. The zero-order valence-electron chi connectivity index (χ0n) is 13.9. The van der Waals surface area contributed by atoms with E-state index in [9.17, 15) is 9.59 Å². The molecular formula is C19H13I2NO4. The maximum Gasteiger partial charge on any atom is 0.363 e. The van der Waals surface area contributed by atoms with E-state index >= 15 is 0 Å². The summed E-state index contributed by atoms with van der Waals surface area (Å²) in [5, 5.41) is 0. The molecule has 0 bridgehead atoms. The van der Waals surface area contributed by atoms with Gasteiger partial charge in [0.1, 0.15) is 0 Å². The van der Waals surface area contributed by atoms with Gasteiger partial charge in [0.2, 0.25) is 5.90 Å². The molecule has 3 rings (SSSR count). The van der Waals surface area contributed by atoms with Crippen molar-refractivity contribution in [2.45, 2.75) is 13.8 Å². The van der Waals surface area contributed by atoms with E-state index in [4.69, 9.17) is 9.47 Å². The van der Waals surface area contributed by atoms with Gasteiger partial charge in [-0.1, -0.05) is 17.7 Å². The molecule has 26 heavy (non-hydrogen) atoms. The first-order valence-electron chi connectivity index (χ1n) is 7.60. The summed E-state index contributed by atoms with van der Waals surface area (Å²) in [5.41, 5.74) is 2.82. The molecule has 132 valence electrons. The molecule has 7 heteroatoms. The Bertz CT molecular complexity index is 956. The van der Waals surface area contributed by atoms with Gasteiger partial charge in [0, 0.05) is 12.5 Å². The van der Waals surface area contributed by atoms with E-state index in [1.807, 2.05) is 43.3 Å². The van der Waals surface area contributed by atoms with E-state index in [-0.39, 0.29) is 11.7 Å². The monoisotopic (exact) mass is 573 g/mol. The number of carbonyl (C=O) groups is 2. The first-order valence-corrected chi connectivity index (χ1v) is 9.76. The van der Waals surface area contributed by atoms with E-state index < -0.39 is 5.97 Å². The molecular weight excluding hydrogens is 560 g/mol. The predicted molar refractivity (Wildman–Crippen MR) is 115 cm³/mol. The van der Waals surface area contributed by atoms with E-state index in [1.165, 1.54) is 6.92 Å². The second-order valence-electron chi connectivity index (χ2n) is 5.61. The second kappa shape index (κ2) is 7.87. The highest BCUT2D eigenvalue weighted by molar-refractivity contribution is 14.1.